The van der Waals surface area contributed by atoms with Crippen LogP contribution in [0, 0.1) is 0 Å². The predicted octanol–water partition coefficient (Wildman–Crippen LogP) is 0.936. The topological polar surface area (TPSA) is 103 Å². The summed E-state index contributed by atoms with van der Waals surface area (Å²) >= 11 is 0. The van der Waals surface area contributed by atoms with Crippen LogP contribution in [0.3, 0.4) is 0 Å². The summed E-state index contributed by atoms with van der Waals surface area (Å²) in [5.41, 5.74) is 0.411. The maximum atomic E-state index is 13.8. The van der Waals surface area contributed by atoms with Gasteiger partial charge in [-0.15, -0.1) is 15.3 Å². The maximum Gasteiger partial charge on any atom is 0.266 e. The van der Waals surface area contributed by atoms with Gasteiger partial charge in [0.15, 0.2) is 17.2 Å². The average Bonchev–Trinajstić information content (AvgIpc) is 3.25. The van der Waals surface area contributed by atoms with Crippen molar-refractivity contribution in [2.45, 2.75) is 45.1 Å². The van der Waals surface area contributed by atoms with Crippen LogP contribution in [0.2, 0.25) is 0 Å². The molecule has 0 unspecified atom stereocenters. The lowest BCUT2D eigenvalue weighted by molar-refractivity contribution is 0.0257. The number of alkyl halides is 2. The van der Waals surface area contributed by atoms with Gasteiger partial charge in [0.1, 0.15) is 12.4 Å². The van der Waals surface area contributed by atoms with Gasteiger partial charge < -0.3 is 4.90 Å². The molecule has 1 saturated heterocycles. The molecule has 27 heavy (non-hydrogen) atoms. The van der Waals surface area contributed by atoms with Crippen LogP contribution in [0.25, 0.3) is 11.2 Å². The number of nitrogens with zero attached hydrogens (tertiary/aromatic N) is 10. The first kappa shape index (κ1) is 17.6. The van der Waals surface area contributed by atoms with Crippen LogP contribution in [0.5, 0.6) is 0 Å². The van der Waals surface area contributed by atoms with Gasteiger partial charge in [-0.2, -0.15) is 4.80 Å². The van der Waals surface area contributed by atoms with E-state index in [9.17, 15) is 8.78 Å². The van der Waals surface area contributed by atoms with Gasteiger partial charge >= 0.3 is 0 Å². The molecule has 0 amide bonds. The number of hydrogen-bond donors (Lipinski definition) is 0. The highest BCUT2D eigenvalue weighted by Crippen LogP contribution is 2.33. The lowest BCUT2D eigenvalue weighted by Crippen LogP contribution is -2.27. The summed E-state index contributed by atoms with van der Waals surface area (Å²) in [5.74, 6) is -1.25. The number of tetrazole rings is 1. The molecule has 4 heterocycles. The van der Waals surface area contributed by atoms with E-state index in [1.807, 2.05) is 20.8 Å². The van der Waals surface area contributed by atoms with Crippen LogP contribution in [0.15, 0.2) is 0 Å². The first-order valence-corrected chi connectivity index (χ1v) is 8.60. The summed E-state index contributed by atoms with van der Waals surface area (Å²) in [7, 11) is 1.72. The van der Waals surface area contributed by atoms with Gasteiger partial charge in [-0.05, 0) is 10.4 Å². The van der Waals surface area contributed by atoms with E-state index in [0.717, 1.165) is 0 Å². The molecule has 1 fully saturated rings. The Morgan fingerprint density at radius 1 is 1.15 bits per heavy atom. The Morgan fingerprint density at radius 3 is 2.52 bits per heavy atom. The second-order valence-corrected chi connectivity index (χ2v) is 7.77. The molecule has 1 aliphatic rings. The molecule has 0 radical (unpaired) electrons. The highest BCUT2D eigenvalue weighted by Gasteiger charge is 2.40. The van der Waals surface area contributed by atoms with E-state index >= 15 is 0 Å². The normalized spacial score (nSPS) is 17.2. The predicted molar refractivity (Wildman–Crippen MR) is 91.5 cm³/mol. The first-order valence-electron chi connectivity index (χ1n) is 8.60. The largest absolute Gasteiger partial charge is 0.348 e. The molecule has 0 aromatic carbocycles. The van der Waals surface area contributed by atoms with Crippen LogP contribution < -0.4 is 4.90 Å². The minimum absolute atomic E-state index is 0.206. The Labute approximate surface area is 153 Å². The number of fused-ring (bicyclic) bond motifs is 1. The summed E-state index contributed by atoms with van der Waals surface area (Å²) in [5, 5.41) is 20.1. The monoisotopic (exact) mass is 378 g/mol. The van der Waals surface area contributed by atoms with Crippen molar-refractivity contribution in [3.05, 3.63) is 11.6 Å². The van der Waals surface area contributed by atoms with Crippen molar-refractivity contribution in [2.24, 2.45) is 7.05 Å². The van der Waals surface area contributed by atoms with E-state index in [1.165, 1.54) is 9.48 Å². The highest BCUT2D eigenvalue weighted by atomic mass is 19.3. The Bertz CT molecular complexity index is 986. The Kier molecular flexibility index (Phi) is 3.82. The zero-order valence-electron chi connectivity index (χ0n) is 15.6. The van der Waals surface area contributed by atoms with Crippen molar-refractivity contribution in [1.82, 2.24) is 45.2 Å². The summed E-state index contributed by atoms with van der Waals surface area (Å²) in [6, 6.07) is 0. The fourth-order valence-electron chi connectivity index (χ4n) is 2.89. The molecule has 12 heteroatoms. The Balaban J connectivity index is 1.80. The lowest BCUT2D eigenvalue weighted by atomic mass is 9.96. The molecule has 0 N–H and O–H groups in total. The van der Waals surface area contributed by atoms with Crippen molar-refractivity contribution in [3.63, 3.8) is 0 Å². The van der Waals surface area contributed by atoms with Gasteiger partial charge in [-0.3, -0.25) is 0 Å². The van der Waals surface area contributed by atoms with E-state index in [1.54, 1.807) is 11.9 Å². The molecule has 0 saturated carbocycles. The van der Waals surface area contributed by atoms with Crippen LogP contribution >= 0.6 is 0 Å². The Hall–Kier alpha value is -2.79. The van der Waals surface area contributed by atoms with Crippen molar-refractivity contribution in [3.8, 4) is 0 Å². The van der Waals surface area contributed by atoms with Gasteiger partial charge in [-0.1, -0.05) is 20.8 Å². The summed E-state index contributed by atoms with van der Waals surface area (Å²) < 4.78 is 29.0. The summed E-state index contributed by atoms with van der Waals surface area (Å²) in [6.45, 7) is 5.95. The fourth-order valence-corrected chi connectivity index (χ4v) is 2.89. The second-order valence-electron chi connectivity index (χ2n) is 7.77. The molecule has 10 nitrogen and oxygen atoms in total. The molecular formula is C15H20F2N10. The third-order valence-electron chi connectivity index (χ3n) is 4.40. The second kappa shape index (κ2) is 5.86. The average molecular weight is 378 g/mol. The van der Waals surface area contributed by atoms with E-state index < -0.39 is 5.92 Å². The number of hydrogen-bond acceptors (Lipinski definition) is 8. The van der Waals surface area contributed by atoms with Gasteiger partial charge in [0.2, 0.25) is 5.65 Å². The van der Waals surface area contributed by atoms with E-state index in [2.05, 4.69) is 35.7 Å². The maximum absolute atomic E-state index is 13.8. The molecule has 3 aromatic rings. The van der Waals surface area contributed by atoms with Crippen LogP contribution in [0.1, 0.15) is 38.8 Å². The zero-order valence-corrected chi connectivity index (χ0v) is 15.6. The minimum atomic E-state index is -2.74. The highest BCUT2D eigenvalue weighted by molar-refractivity contribution is 5.82. The molecule has 144 valence electrons. The molecule has 4 rings (SSSR count). The first-order chi connectivity index (χ1) is 12.6. The van der Waals surface area contributed by atoms with Gasteiger partial charge in [0, 0.05) is 25.4 Å². The van der Waals surface area contributed by atoms with Crippen molar-refractivity contribution in [1.29, 1.82) is 0 Å². The third kappa shape index (κ3) is 3.30. The molecule has 0 bridgehead atoms. The minimum Gasteiger partial charge on any atom is -0.348 e. The third-order valence-corrected chi connectivity index (χ3v) is 4.40. The smallest absolute Gasteiger partial charge is 0.266 e. The van der Waals surface area contributed by atoms with Crippen LogP contribution in [0.4, 0.5) is 14.6 Å². The number of anilines is 1. The SMILES string of the molecule is Cn1nnnc1Cn1nc2nc(C(C)(C)C)nc(N3CCC(F)(F)C3)c2n1. The van der Waals surface area contributed by atoms with Gasteiger partial charge in [0.05, 0.1) is 6.54 Å². The molecule has 0 aliphatic carbocycles. The van der Waals surface area contributed by atoms with Crippen molar-refractivity contribution < 1.29 is 8.78 Å². The standard InChI is InChI=1S/C15H20F2N10/c1-14(2,3)13-18-11-10(12(19-13)26-6-5-15(16,17)8-26)21-27(22-11)7-9-20-23-24-25(9)4/h5-8H2,1-4H3. The quantitative estimate of drug-likeness (QED) is 0.663. The number of rotatable bonds is 3. The fraction of sp³-hybridized carbons (Fsp3) is 0.667. The Morgan fingerprint density at radius 2 is 1.93 bits per heavy atom. The van der Waals surface area contributed by atoms with E-state index in [0.29, 0.717) is 28.6 Å². The van der Waals surface area contributed by atoms with E-state index in [-0.39, 0.29) is 31.5 Å². The molecule has 0 atom stereocenters. The number of aromatic nitrogens is 9. The van der Waals surface area contributed by atoms with Crippen molar-refractivity contribution >= 4 is 17.0 Å². The number of halogens is 2. The summed E-state index contributed by atoms with van der Waals surface area (Å²) in [4.78, 5) is 12.0. The summed E-state index contributed by atoms with van der Waals surface area (Å²) in [6.07, 6.45) is -0.206. The number of aryl methyl sites for hydroxylation is 1. The molecular weight excluding hydrogens is 358 g/mol. The van der Waals surface area contributed by atoms with Crippen LogP contribution in [-0.2, 0) is 19.0 Å². The van der Waals surface area contributed by atoms with Crippen molar-refractivity contribution in [2.75, 3.05) is 18.0 Å². The lowest BCUT2D eigenvalue weighted by Gasteiger charge is -2.21. The zero-order chi connectivity index (χ0) is 19.4. The molecule has 3 aromatic heterocycles. The van der Waals surface area contributed by atoms with Gasteiger partial charge in [0.25, 0.3) is 5.92 Å². The van der Waals surface area contributed by atoms with Gasteiger partial charge in [-0.25, -0.2) is 23.4 Å². The molecule has 1 aliphatic heterocycles. The molecule has 0 spiro atoms. The van der Waals surface area contributed by atoms with E-state index in [4.69, 9.17) is 0 Å². The van der Waals surface area contributed by atoms with Crippen LogP contribution in [-0.4, -0.2) is 64.2 Å².